The van der Waals surface area contributed by atoms with Gasteiger partial charge in [-0.3, -0.25) is 14.9 Å². The number of amides is 2. The van der Waals surface area contributed by atoms with E-state index in [-0.39, 0.29) is 24.0 Å². The number of benzene rings is 2. The molecule has 2 heterocycles. The third-order valence-corrected chi connectivity index (χ3v) is 5.11. The van der Waals surface area contributed by atoms with Gasteiger partial charge in [0, 0.05) is 16.6 Å². The molecule has 3 aromatic rings. The minimum atomic E-state index is -4.88. The number of fused-ring (bicyclic) bond motifs is 1. The van der Waals surface area contributed by atoms with E-state index in [0.29, 0.717) is 34.9 Å². The molecular weight excluding hydrogens is 454 g/mol. The van der Waals surface area contributed by atoms with Gasteiger partial charge in [0.15, 0.2) is 16.6 Å². The molecule has 32 heavy (non-hydrogen) atoms. The average molecular weight is 467 g/mol. The largest absolute Gasteiger partial charge is 0.454 e. The van der Waals surface area contributed by atoms with Gasteiger partial charge in [0.2, 0.25) is 12.7 Å². The molecule has 0 unspecified atom stereocenters. The maximum Gasteiger partial charge on any atom is 0.419 e. The lowest BCUT2D eigenvalue weighted by Crippen LogP contribution is -2.16. The monoisotopic (exact) mass is 467 g/mol. The fraction of sp³-hybridized carbons (Fsp3) is 0.150. The summed E-state index contributed by atoms with van der Waals surface area (Å²) in [7, 11) is 0. The molecule has 7 nitrogen and oxygen atoms in total. The zero-order valence-electron chi connectivity index (χ0n) is 16.0. The van der Waals surface area contributed by atoms with Gasteiger partial charge in [0.25, 0.3) is 5.91 Å². The number of hydrogen-bond donors (Lipinski definition) is 2. The molecule has 0 bridgehead atoms. The molecule has 0 saturated heterocycles. The fourth-order valence-electron chi connectivity index (χ4n) is 2.84. The first-order chi connectivity index (χ1) is 15.2. The second-order valence-electron chi connectivity index (χ2n) is 6.58. The summed E-state index contributed by atoms with van der Waals surface area (Å²) < 4.78 is 62.2. The summed E-state index contributed by atoms with van der Waals surface area (Å²) in [6.45, 7) is 0.0771. The van der Waals surface area contributed by atoms with E-state index in [1.165, 1.54) is 11.4 Å². The lowest BCUT2D eigenvalue weighted by atomic mass is 10.1. The number of alkyl halides is 3. The SMILES string of the molecule is O=C(Cc1csc(NC(=O)c2ccc3c(c2)OCO3)n1)Nc1ccc(F)c(C(F)(F)F)c1. The van der Waals surface area contributed by atoms with Crippen molar-refractivity contribution in [1.29, 1.82) is 0 Å². The summed E-state index contributed by atoms with van der Waals surface area (Å²) in [4.78, 5) is 28.7. The molecule has 1 aromatic heterocycles. The van der Waals surface area contributed by atoms with Gasteiger partial charge in [-0.1, -0.05) is 0 Å². The molecule has 4 rings (SSSR count). The van der Waals surface area contributed by atoms with Gasteiger partial charge in [-0.25, -0.2) is 9.37 Å². The third kappa shape index (κ3) is 4.80. The highest BCUT2D eigenvalue weighted by Gasteiger charge is 2.34. The Bertz CT molecular complexity index is 1200. The van der Waals surface area contributed by atoms with E-state index in [0.717, 1.165) is 17.4 Å². The number of carbonyl (C=O) groups excluding carboxylic acids is 2. The first-order valence-electron chi connectivity index (χ1n) is 9.01. The van der Waals surface area contributed by atoms with Gasteiger partial charge in [0.1, 0.15) is 5.82 Å². The molecule has 0 fully saturated rings. The normalized spacial score (nSPS) is 12.5. The van der Waals surface area contributed by atoms with Gasteiger partial charge < -0.3 is 14.8 Å². The van der Waals surface area contributed by atoms with Crippen molar-refractivity contribution in [1.82, 2.24) is 4.98 Å². The highest BCUT2D eigenvalue weighted by molar-refractivity contribution is 7.14. The Hall–Kier alpha value is -3.67. The van der Waals surface area contributed by atoms with E-state index in [2.05, 4.69) is 15.6 Å². The number of halogens is 4. The first-order valence-corrected chi connectivity index (χ1v) is 9.89. The topological polar surface area (TPSA) is 89.6 Å². The Morgan fingerprint density at radius 1 is 1.06 bits per heavy atom. The van der Waals surface area contributed by atoms with Gasteiger partial charge >= 0.3 is 6.18 Å². The molecule has 2 N–H and O–H groups in total. The summed E-state index contributed by atoms with van der Waals surface area (Å²) >= 11 is 1.08. The van der Waals surface area contributed by atoms with Crippen LogP contribution in [0.4, 0.5) is 28.4 Å². The molecule has 12 heteroatoms. The Morgan fingerprint density at radius 2 is 1.84 bits per heavy atom. The zero-order chi connectivity index (χ0) is 22.9. The van der Waals surface area contributed by atoms with Crippen LogP contribution < -0.4 is 20.1 Å². The second-order valence-corrected chi connectivity index (χ2v) is 7.44. The van der Waals surface area contributed by atoms with Gasteiger partial charge in [-0.05, 0) is 36.4 Å². The molecule has 0 spiro atoms. The van der Waals surface area contributed by atoms with Crippen LogP contribution in [0, 0.1) is 5.82 Å². The lowest BCUT2D eigenvalue weighted by Gasteiger charge is -2.10. The first kappa shape index (κ1) is 21.6. The molecule has 0 aliphatic carbocycles. The van der Waals surface area contributed by atoms with Crippen LogP contribution >= 0.6 is 11.3 Å². The highest BCUT2D eigenvalue weighted by atomic mass is 32.1. The van der Waals surface area contributed by atoms with E-state index in [9.17, 15) is 27.2 Å². The smallest absolute Gasteiger partial charge is 0.419 e. The minimum absolute atomic E-state index is 0.0771. The van der Waals surface area contributed by atoms with Crippen molar-refractivity contribution in [2.45, 2.75) is 12.6 Å². The van der Waals surface area contributed by atoms with Crippen molar-refractivity contribution in [3.8, 4) is 11.5 Å². The number of anilines is 2. The highest BCUT2D eigenvalue weighted by Crippen LogP contribution is 2.34. The Labute approximate surface area is 182 Å². The molecule has 166 valence electrons. The summed E-state index contributed by atoms with van der Waals surface area (Å²) in [6, 6.07) is 6.87. The van der Waals surface area contributed by atoms with E-state index in [1.807, 2.05) is 0 Å². The van der Waals surface area contributed by atoms with Crippen molar-refractivity contribution < 1.29 is 36.6 Å². The van der Waals surface area contributed by atoms with E-state index in [1.54, 1.807) is 12.1 Å². The molecule has 0 saturated carbocycles. The predicted molar refractivity (Wildman–Crippen MR) is 106 cm³/mol. The Morgan fingerprint density at radius 3 is 2.62 bits per heavy atom. The maximum absolute atomic E-state index is 13.4. The number of thiazole rings is 1. The van der Waals surface area contributed by atoms with Crippen LogP contribution in [0.15, 0.2) is 41.8 Å². The minimum Gasteiger partial charge on any atom is -0.454 e. The maximum atomic E-state index is 13.4. The number of carbonyl (C=O) groups is 2. The number of rotatable bonds is 5. The Kier molecular flexibility index (Phi) is 5.70. The molecule has 2 amide bonds. The number of hydrogen-bond acceptors (Lipinski definition) is 6. The zero-order valence-corrected chi connectivity index (χ0v) is 16.8. The van der Waals surface area contributed by atoms with Gasteiger partial charge in [0.05, 0.1) is 17.7 Å². The molecular formula is C20H13F4N3O4S. The molecule has 2 aromatic carbocycles. The molecule has 0 atom stereocenters. The average Bonchev–Trinajstić information content (AvgIpc) is 3.37. The van der Waals surface area contributed by atoms with Crippen LogP contribution in [0.2, 0.25) is 0 Å². The number of aromatic nitrogens is 1. The van der Waals surface area contributed by atoms with Crippen LogP contribution in [0.3, 0.4) is 0 Å². The van der Waals surface area contributed by atoms with Crippen molar-refractivity contribution in [2.24, 2.45) is 0 Å². The van der Waals surface area contributed by atoms with E-state index in [4.69, 9.17) is 9.47 Å². The molecule has 0 radical (unpaired) electrons. The van der Waals surface area contributed by atoms with E-state index >= 15 is 0 Å². The van der Waals surface area contributed by atoms with Crippen molar-refractivity contribution in [3.05, 3.63) is 64.4 Å². The van der Waals surface area contributed by atoms with Gasteiger partial charge in [-0.2, -0.15) is 13.2 Å². The number of nitrogens with zero attached hydrogens (tertiary/aromatic N) is 1. The van der Waals surface area contributed by atoms with Gasteiger partial charge in [-0.15, -0.1) is 11.3 Å². The summed E-state index contributed by atoms with van der Waals surface area (Å²) in [5.41, 5.74) is -1.06. The number of nitrogens with one attached hydrogen (secondary N) is 2. The summed E-state index contributed by atoms with van der Waals surface area (Å²) in [5.74, 6) is -1.54. The second kappa shape index (κ2) is 8.46. The van der Waals surface area contributed by atoms with Crippen LogP contribution in [0.1, 0.15) is 21.6 Å². The quantitative estimate of drug-likeness (QED) is 0.541. The van der Waals surface area contributed by atoms with E-state index < -0.39 is 29.4 Å². The van der Waals surface area contributed by atoms with Crippen LogP contribution in [-0.4, -0.2) is 23.6 Å². The summed E-state index contributed by atoms with van der Waals surface area (Å²) in [6.07, 6.45) is -5.14. The number of ether oxygens (including phenoxy) is 2. The Balaban J connectivity index is 1.37. The van der Waals surface area contributed by atoms with Crippen LogP contribution in [-0.2, 0) is 17.4 Å². The molecule has 1 aliphatic heterocycles. The fourth-order valence-corrected chi connectivity index (χ4v) is 3.55. The van der Waals surface area contributed by atoms with Crippen LogP contribution in [0.5, 0.6) is 11.5 Å². The van der Waals surface area contributed by atoms with Crippen molar-refractivity contribution in [3.63, 3.8) is 0 Å². The summed E-state index contributed by atoms with van der Waals surface area (Å²) in [5, 5.41) is 6.63. The predicted octanol–water partition coefficient (Wildman–Crippen LogP) is 4.46. The van der Waals surface area contributed by atoms with Crippen molar-refractivity contribution >= 4 is 34.0 Å². The lowest BCUT2D eigenvalue weighted by molar-refractivity contribution is -0.140. The standard InChI is InChI=1S/C20H13F4N3O4S/c21-14-3-2-11(6-13(14)20(22,23)24)25-17(28)7-12-8-32-19(26-12)27-18(29)10-1-4-15-16(5-10)31-9-30-15/h1-6,8H,7,9H2,(H,25,28)(H,26,27,29). The van der Waals surface area contributed by atoms with Crippen LogP contribution in [0.25, 0.3) is 0 Å². The third-order valence-electron chi connectivity index (χ3n) is 4.30. The van der Waals surface area contributed by atoms with Crippen molar-refractivity contribution in [2.75, 3.05) is 17.4 Å². The molecule has 1 aliphatic rings.